The first kappa shape index (κ1) is 24.5. The van der Waals surface area contributed by atoms with Gasteiger partial charge in [-0.2, -0.15) is 4.98 Å². The standard InChI is InChI=1S/C19H38N2O5Si3/c1-14-12-21(19(22)20-18(14)26-29(8,9)10)17-11-15(25-28(5,6)7)16(24-17)13-23-27(2,3)4/h12,15-17H,11,13H2,1-10H3/t15-,16+,17?/m1/s1. The summed E-state index contributed by atoms with van der Waals surface area (Å²) in [6.45, 7) is 21.6. The molecule has 166 valence electrons. The summed E-state index contributed by atoms with van der Waals surface area (Å²) in [4.78, 5) is 16.9. The van der Waals surface area contributed by atoms with E-state index in [9.17, 15) is 4.79 Å². The number of nitrogens with zero attached hydrogens (tertiary/aromatic N) is 2. The molecule has 0 saturated carbocycles. The molecule has 0 radical (unpaired) electrons. The molecule has 10 heteroatoms. The smallest absolute Gasteiger partial charge is 0.352 e. The molecule has 0 bridgehead atoms. The fourth-order valence-corrected chi connectivity index (χ4v) is 5.69. The fourth-order valence-electron chi connectivity index (χ4n) is 3.08. The van der Waals surface area contributed by atoms with Gasteiger partial charge in [-0.1, -0.05) is 0 Å². The predicted molar refractivity (Wildman–Crippen MR) is 123 cm³/mol. The van der Waals surface area contributed by atoms with Crippen LogP contribution < -0.4 is 10.1 Å². The van der Waals surface area contributed by atoms with E-state index in [2.05, 4.69) is 63.9 Å². The van der Waals surface area contributed by atoms with E-state index in [0.29, 0.717) is 18.9 Å². The highest BCUT2D eigenvalue weighted by Crippen LogP contribution is 2.33. The average molecular weight is 459 g/mol. The number of ether oxygens (including phenoxy) is 1. The number of rotatable bonds is 8. The molecule has 7 nitrogen and oxygen atoms in total. The van der Waals surface area contributed by atoms with Crippen LogP contribution >= 0.6 is 0 Å². The van der Waals surface area contributed by atoms with E-state index in [1.54, 1.807) is 10.8 Å². The third-order valence-electron chi connectivity index (χ3n) is 4.17. The molecule has 0 aliphatic carbocycles. The third-order valence-corrected chi connectivity index (χ3v) is 7.02. The second-order valence-electron chi connectivity index (χ2n) is 10.7. The molecule has 1 aromatic rings. The van der Waals surface area contributed by atoms with Gasteiger partial charge in [-0.15, -0.1) is 0 Å². The summed E-state index contributed by atoms with van der Waals surface area (Å²) >= 11 is 0. The van der Waals surface area contributed by atoms with Crippen LogP contribution in [-0.2, 0) is 13.6 Å². The number of hydrogen-bond donors (Lipinski definition) is 0. The Morgan fingerprint density at radius 2 is 1.69 bits per heavy atom. The summed E-state index contributed by atoms with van der Waals surface area (Å²) in [6.07, 6.45) is 1.71. The van der Waals surface area contributed by atoms with Crippen LogP contribution in [0.5, 0.6) is 5.88 Å². The van der Waals surface area contributed by atoms with Crippen LogP contribution in [0, 0.1) is 6.92 Å². The summed E-state index contributed by atoms with van der Waals surface area (Å²) in [7, 11) is -5.30. The van der Waals surface area contributed by atoms with Crippen molar-refractivity contribution in [2.24, 2.45) is 0 Å². The van der Waals surface area contributed by atoms with Crippen molar-refractivity contribution in [1.82, 2.24) is 9.55 Å². The Morgan fingerprint density at radius 1 is 1.07 bits per heavy atom. The van der Waals surface area contributed by atoms with E-state index in [0.717, 1.165) is 5.56 Å². The Balaban J connectivity index is 2.25. The minimum absolute atomic E-state index is 0.0897. The highest BCUT2D eigenvalue weighted by Gasteiger charge is 2.40. The van der Waals surface area contributed by atoms with Gasteiger partial charge < -0.3 is 18.0 Å². The minimum Gasteiger partial charge on any atom is -0.531 e. The van der Waals surface area contributed by atoms with Crippen molar-refractivity contribution in [3.05, 3.63) is 22.2 Å². The average Bonchev–Trinajstić information content (AvgIpc) is 2.87. The monoisotopic (exact) mass is 458 g/mol. The second kappa shape index (κ2) is 8.75. The zero-order chi connectivity index (χ0) is 22.2. The van der Waals surface area contributed by atoms with Crippen LogP contribution in [0.15, 0.2) is 11.0 Å². The number of hydrogen-bond acceptors (Lipinski definition) is 6. The van der Waals surface area contributed by atoms with Crippen molar-refractivity contribution < 1.29 is 18.0 Å². The zero-order valence-corrected chi connectivity index (χ0v) is 22.7. The lowest BCUT2D eigenvalue weighted by molar-refractivity contribution is -0.0397. The van der Waals surface area contributed by atoms with Gasteiger partial charge in [-0.25, -0.2) is 4.79 Å². The Bertz CT molecular complexity index is 765. The lowest BCUT2D eigenvalue weighted by Gasteiger charge is -2.28. The van der Waals surface area contributed by atoms with Gasteiger partial charge in [0.2, 0.25) is 14.2 Å². The van der Waals surface area contributed by atoms with Gasteiger partial charge >= 0.3 is 5.69 Å². The fraction of sp³-hybridized carbons (Fsp3) is 0.789. The Labute approximate surface area is 178 Å². The predicted octanol–water partition coefficient (Wildman–Crippen LogP) is 4.12. The van der Waals surface area contributed by atoms with Crippen LogP contribution in [0.1, 0.15) is 18.2 Å². The van der Waals surface area contributed by atoms with E-state index < -0.39 is 31.2 Å². The summed E-state index contributed by atoms with van der Waals surface area (Å²) in [5.41, 5.74) is 0.479. The summed E-state index contributed by atoms with van der Waals surface area (Å²) in [6, 6.07) is 0. The Morgan fingerprint density at radius 3 is 2.21 bits per heavy atom. The van der Waals surface area contributed by atoms with Crippen LogP contribution in [0.4, 0.5) is 0 Å². The molecule has 3 atom stereocenters. The molecule has 2 heterocycles. The molecule has 2 rings (SSSR count). The van der Waals surface area contributed by atoms with E-state index >= 15 is 0 Å². The topological polar surface area (TPSA) is 71.8 Å². The van der Waals surface area contributed by atoms with Crippen molar-refractivity contribution in [2.45, 2.75) is 90.7 Å². The quantitative estimate of drug-likeness (QED) is 0.546. The molecule has 1 saturated heterocycles. The lowest BCUT2D eigenvalue weighted by Crippen LogP contribution is -2.40. The molecule has 0 amide bonds. The van der Waals surface area contributed by atoms with E-state index in [4.69, 9.17) is 18.0 Å². The first-order valence-electron chi connectivity index (χ1n) is 10.3. The van der Waals surface area contributed by atoms with Crippen molar-refractivity contribution in [3.63, 3.8) is 0 Å². The van der Waals surface area contributed by atoms with Gasteiger partial charge in [0.15, 0.2) is 16.6 Å². The zero-order valence-electron chi connectivity index (χ0n) is 19.7. The van der Waals surface area contributed by atoms with Gasteiger partial charge in [-0.05, 0) is 65.8 Å². The summed E-state index contributed by atoms with van der Waals surface area (Å²) in [5, 5.41) is 0. The third kappa shape index (κ3) is 7.76. The maximum atomic E-state index is 12.7. The molecule has 1 unspecified atom stereocenters. The van der Waals surface area contributed by atoms with Gasteiger partial charge in [-0.3, -0.25) is 4.57 Å². The summed E-state index contributed by atoms with van der Waals surface area (Å²) < 4.78 is 26.3. The van der Waals surface area contributed by atoms with Crippen molar-refractivity contribution in [1.29, 1.82) is 0 Å². The summed E-state index contributed by atoms with van der Waals surface area (Å²) in [5.74, 6) is 0.428. The van der Waals surface area contributed by atoms with Crippen LogP contribution in [0.25, 0.3) is 0 Å². The van der Waals surface area contributed by atoms with Crippen LogP contribution in [0.2, 0.25) is 58.9 Å². The van der Waals surface area contributed by atoms with E-state index in [-0.39, 0.29) is 17.9 Å². The van der Waals surface area contributed by atoms with Gasteiger partial charge in [0.1, 0.15) is 12.3 Å². The van der Waals surface area contributed by atoms with E-state index in [1.165, 1.54) is 0 Å². The molecule has 0 N–H and O–H groups in total. The molecule has 29 heavy (non-hydrogen) atoms. The molecular formula is C19H38N2O5Si3. The normalized spacial score (nSPS) is 23.4. The Kier molecular flexibility index (Phi) is 7.39. The highest BCUT2D eigenvalue weighted by atomic mass is 28.4. The largest absolute Gasteiger partial charge is 0.531 e. The van der Waals surface area contributed by atoms with Gasteiger partial charge in [0.05, 0.1) is 12.7 Å². The van der Waals surface area contributed by atoms with Crippen molar-refractivity contribution >= 4 is 25.0 Å². The maximum absolute atomic E-state index is 12.7. The molecule has 1 aliphatic rings. The molecule has 1 aliphatic heterocycles. The number of aryl methyl sites for hydroxylation is 1. The SMILES string of the molecule is Cc1cn(C2C[C@@H](O[Si](C)(C)C)[C@H](CO[Si](C)(C)C)O2)c(=O)nc1O[Si](C)(C)C. The molecule has 0 spiro atoms. The highest BCUT2D eigenvalue weighted by molar-refractivity contribution is 6.70. The van der Waals surface area contributed by atoms with Crippen molar-refractivity contribution in [3.8, 4) is 5.88 Å². The van der Waals surface area contributed by atoms with Crippen LogP contribution in [-0.4, -0.2) is 53.3 Å². The first-order valence-corrected chi connectivity index (χ1v) is 20.5. The molecular weight excluding hydrogens is 420 g/mol. The number of aromatic nitrogens is 2. The van der Waals surface area contributed by atoms with Crippen LogP contribution in [0.3, 0.4) is 0 Å². The maximum Gasteiger partial charge on any atom is 0.352 e. The first-order chi connectivity index (χ1) is 13.0. The van der Waals surface area contributed by atoms with Crippen molar-refractivity contribution in [2.75, 3.05) is 6.61 Å². The molecule has 0 aromatic carbocycles. The minimum atomic E-state index is -1.85. The van der Waals surface area contributed by atoms with Gasteiger partial charge in [0.25, 0.3) is 0 Å². The Hall–Kier alpha value is -0.789. The molecule has 1 aromatic heterocycles. The van der Waals surface area contributed by atoms with E-state index in [1.807, 2.05) is 6.92 Å². The van der Waals surface area contributed by atoms with Gasteiger partial charge in [0, 0.05) is 18.2 Å². The lowest BCUT2D eigenvalue weighted by atomic mass is 10.2. The molecule has 1 fully saturated rings. The second-order valence-corrected chi connectivity index (χ2v) is 24.1.